The van der Waals surface area contributed by atoms with Crippen molar-refractivity contribution in [2.45, 2.75) is 6.92 Å². The van der Waals surface area contributed by atoms with Crippen LogP contribution in [0.15, 0.2) is 30.3 Å². The van der Waals surface area contributed by atoms with Crippen molar-refractivity contribution >= 4 is 11.6 Å². The third kappa shape index (κ3) is 1.46. The molecule has 0 aliphatic heterocycles. The molecule has 0 bridgehead atoms. The summed E-state index contributed by atoms with van der Waals surface area (Å²) in [5, 5.41) is 13.9. The summed E-state index contributed by atoms with van der Waals surface area (Å²) >= 11 is 5.99. The Balaban J connectivity index is 2.60. The average Bonchev–Trinajstić information content (AvgIpc) is 2.46. The Morgan fingerprint density at radius 3 is 2.64 bits per heavy atom. The van der Waals surface area contributed by atoms with Crippen LogP contribution in [-0.4, -0.2) is 15.2 Å². The highest BCUT2D eigenvalue weighted by atomic mass is 35.5. The summed E-state index contributed by atoms with van der Waals surface area (Å²) in [6, 6.07) is 9.10. The van der Waals surface area contributed by atoms with Gasteiger partial charge in [-0.05, 0) is 19.1 Å². The van der Waals surface area contributed by atoms with Crippen LogP contribution in [0.4, 0.5) is 0 Å². The molecule has 3 nitrogen and oxygen atoms in total. The molecule has 0 saturated carbocycles. The quantitative estimate of drug-likeness (QED) is 0.732. The van der Waals surface area contributed by atoms with Gasteiger partial charge in [-0.3, -0.25) is 0 Å². The molecular weight excluding hydrogens is 200 g/mol. The van der Waals surface area contributed by atoms with Gasteiger partial charge >= 0.3 is 0 Å². The standard InChI is InChI=1S/C10H9ClN2O/c1-7-6-10(13(14)12-7)8-4-2-3-5-9(8)11/h2-6,14H,1H3. The van der Waals surface area contributed by atoms with E-state index in [9.17, 15) is 5.21 Å². The van der Waals surface area contributed by atoms with Crippen molar-refractivity contribution in [3.05, 3.63) is 41.0 Å². The van der Waals surface area contributed by atoms with Gasteiger partial charge in [0.2, 0.25) is 0 Å². The van der Waals surface area contributed by atoms with Crippen molar-refractivity contribution in [2.75, 3.05) is 0 Å². The summed E-state index contributed by atoms with van der Waals surface area (Å²) in [5.74, 6) is 0. The molecule has 72 valence electrons. The van der Waals surface area contributed by atoms with Crippen LogP contribution < -0.4 is 0 Å². The first-order valence-corrected chi connectivity index (χ1v) is 4.57. The lowest BCUT2D eigenvalue weighted by Crippen LogP contribution is -1.95. The molecule has 0 unspecified atom stereocenters. The van der Waals surface area contributed by atoms with Crippen LogP contribution in [0, 0.1) is 6.92 Å². The molecule has 0 spiro atoms. The molecule has 0 saturated heterocycles. The van der Waals surface area contributed by atoms with E-state index < -0.39 is 0 Å². The summed E-state index contributed by atoms with van der Waals surface area (Å²) < 4.78 is 0. The van der Waals surface area contributed by atoms with Crippen molar-refractivity contribution in [3.8, 4) is 11.3 Å². The minimum Gasteiger partial charge on any atom is -0.411 e. The molecule has 2 aromatic rings. The van der Waals surface area contributed by atoms with E-state index in [0.29, 0.717) is 10.7 Å². The first kappa shape index (κ1) is 9.09. The molecule has 0 amide bonds. The van der Waals surface area contributed by atoms with Gasteiger partial charge in [-0.2, -0.15) is 0 Å². The molecule has 0 atom stereocenters. The van der Waals surface area contributed by atoms with Crippen LogP contribution in [-0.2, 0) is 0 Å². The SMILES string of the molecule is Cc1cc(-c2ccccc2Cl)n(O)n1. The zero-order valence-electron chi connectivity index (χ0n) is 7.61. The van der Waals surface area contributed by atoms with Gasteiger partial charge in [0.15, 0.2) is 0 Å². The molecular formula is C10H9ClN2O. The van der Waals surface area contributed by atoms with Gasteiger partial charge < -0.3 is 5.21 Å². The first-order valence-electron chi connectivity index (χ1n) is 4.19. The second-order valence-corrected chi connectivity index (χ2v) is 3.45. The fourth-order valence-corrected chi connectivity index (χ4v) is 1.57. The van der Waals surface area contributed by atoms with Gasteiger partial charge in [-0.25, -0.2) is 0 Å². The number of benzene rings is 1. The maximum Gasteiger partial charge on any atom is 0.111 e. The Labute approximate surface area is 86.5 Å². The number of hydrogen-bond acceptors (Lipinski definition) is 2. The zero-order valence-corrected chi connectivity index (χ0v) is 8.36. The van der Waals surface area contributed by atoms with Crippen molar-refractivity contribution in [3.63, 3.8) is 0 Å². The first-order chi connectivity index (χ1) is 6.68. The smallest absolute Gasteiger partial charge is 0.111 e. The van der Waals surface area contributed by atoms with Crippen LogP contribution in [0.3, 0.4) is 0 Å². The molecule has 0 radical (unpaired) electrons. The largest absolute Gasteiger partial charge is 0.411 e. The summed E-state index contributed by atoms with van der Waals surface area (Å²) in [6.45, 7) is 1.81. The third-order valence-electron chi connectivity index (χ3n) is 1.96. The lowest BCUT2D eigenvalue weighted by molar-refractivity contribution is 0.152. The van der Waals surface area contributed by atoms with E-state index >= 15 is 0 Å². The summed E-state index contributed by atoms with van der Waals surface area (Å²) in [5.41, 5.74) is 2.13. The Bertz CT molecular complexity index is 465. The molecule has 4 heteroatoms. The highest BCUT2D eigenvalue weighted by molar-refractivity contribution is 6.33. The molecule has 14 heavy (non-hydrogen) atoms. The molecule has 1 N–H and O–H groups in total. The number of halogens is 1. The fraction of sp³-hybridized carbons (Fsp3) is 0.100. The Hall–Kier alpha value is -1.48. The molecule has 0 aliphatic rings. The van der Waals surface area contributed by atoms with E-state index in [0.717, 1.165) is 16.1 Å². The van der Waals surface area contributed by atoms with Crippen molar-refractivity contribution in [1.29, 1.82) is 0 Å². The van der Waals surface area contributed by atoms with E-state index in [1.165, 1.54) is 0 Å². The number of nitrogens with zero attached hydrogens (tertiary/aromatic N) is 2. The highest BCUT2D eigenvalue weighted by Gasteiger charge is 2.09. The van der Waals surface area contributed by atoms with E-state index in [4.69, 9.17) is 11.6 Å². The third-order valence-corrected chi connectivity index (χ3v) is 2.29. The average molecular weight is 209 g/mol. The topological polar surface area (TPSA) is 38.0 Å². The lowest BCUT2D eigenvalue weighted by Gasteiger charge is -2.01. The predicted molar refractivity (Wildman–Crippen MR) is 54.6 cm³/mol. The second-order valence-electron chi connectivity index (χ2n) is 3.04. The van der Waals surface area contributed by atoms with Crippen LogP contribution in [0.2, 0.25) is 5.02 Å². The van der Waals surface area contributed by atoms with Crippen molar-refractivity contribution in [1.82, 2.24) is 9.94 Å². The second kappa shape index (κ2) is 3.35. The van der Waals surface area contributed by atoms with Crippen LogP contribution in [0.25, 0.3) is 11.3 Å². The van der Waals surface area contributed by atoms with E-state index in [2.05, 4.69) is 5.10 Å². The number of rotatable bonds is 1. The molecule has 2 rings (SSSR count). The maximum atomic E-state index is 9.46. The number of hydrogen-bond donors (Lipinski definition) is 1. The van der Waals surface area contributed by atoms with Crippen LogP contribution in [0.5, 0.6) is 0 Å². The minimum absolute atomic E-state index is 0.600. The van der Waals surface area contributed by atoms with E-state index in [1.807, 2.05) is 25.1 Å². The molecule has 0 aliphatic carbocycles. The normalized spacial score (nSPS) is 10.4. The minimum atomic E-state index is 0.600. The Morgan fingerprint density at radius 1 is 1.36 bits per heavy atom. The van der Waals surface area contributed by atoms with Gasteiger partial charge in [0.25, 0.3) is 0 Å². The molecule has 1 aromatic heterocycles. The maximum absolute atomic E-state index is 9.46. The van der Waals surface area contributed by atoms with Crippen LogP contribution >= 0.6 is 11.6 Å². The van der Waals surface area contributed by atoms with Crippen molar-refractivity contribution < 1.29 is 5.21 Å². The Morgan fingerprint density at radius 2 is 2.07 bits per heavy atom. The van der Waals surface area contributed by atoms with Gasteiger partial charge in [0.1, 0.15) is 5.69 Å². The molecule has 0 fully saturated rings. The number of aromatic nitrogens is 2. The summed E-state index contributed by atoms with van der Waals surface area (Å²) in [6.07, 6.45) is 0. The summed E-state index contributed by atoms with van der Waals surface area (Å²) in [4.78, 5) is 0.844. The number of aryl methyl sites for hydroxylation is 1. The zero-order chi connectivity index (χ0) is 10.1. The molecule has 1 aromatic carbocycles. The fourth-order valence-electron chi connectivity index (χ4n) is 1.34. The van der Waals surface area contributed by atoms with Crippen molar-refractivity contribution in [2.24, 2.45) is 0 Å². The van der Waals surface area contributed by atoms with E-state index in [-0.39, 0.29) is 0 Å². The monoisotopic (exact) mass is 208 g/mol. The van der Waals surface area contributed by atoms with Gasteiger partial charge in [0.05, 0.1) is 10.7 Å². The Kier molecular flexibility index (Phi) is 2.17. The van der Waals surface area contributed by atoms with Gasteiger partial charge in [-0.15, -0.1) is 9.94 Å². The predicted octanol–water partition coefficient (Wildman–Crippen LogP) is 2.75. The van der Waals surface area contributed by atoms with Gasteiger partial charge in [-0.1, -0.05) is 29.8 Å². The summed E-state index contributed by atoms with van der Waals surface area (Å²) in [7, 11) is 0. The van der Waals surface area contributed by atoms with Crippen LogP contribution in [0.1, 0.15) is 5.69 Å². The van der Waals surface area contributed by atoms with Gasteiger partial charge in [0, 0.05) is 5.56 Å². The highest BCUT2D eigenvalue weighted by Crippen LogP contribution is 2.27. The lowest BCUT2D eigenvalue weighted by atomic mass is 10.1. The molecule has 1 heterocycles. The van der Waals surface area contributed by atoms with E-state index in [1.54, 1.807) is 12.1 Å².